The zero-order valence-electron chi connectivity index (χ0n) is 10.4. The molecular weight excluding hydrogens is 309 g/mol. The van der Waals surface area contributed by atoms with E-state index in [9.17, 15) is 18.3 Å². The molecule has 110 valence electrons. The third-order valence-corrected chi connectivity index (χ3v) is 3.62. The molecule has 0 saturated heterocycles. The lowest BCUT2D eigenvalue weighted by molar-refractivity contribution is -0.146. The van der Waals surface area contributed by atoms with E-state index in [0.29, 0.717) is 15.1 Å². The predicted molar refractivity (Wildman–Crippen MR) is 67.3 cm³/mol. The Balaban J connectivity index is 2.12. The maximum atomic E-state index is 12.7. The van der Waals surface area contributed by atoms with Crippen LogP contribution >= 0.6 is 11.3 Å². The van der Waals surface area contributed by atoms with Gasteiger partial charge < -0.3 is 9.84 Å². The molecule has 1 N–H and O–H groups in total. The summed E-state index contributed by atoms with van der Waals surface area (Å²) in [6, 6.07) is 4.38. The summed E-state index contributed by atoms with van der Waals surface area (Å²) in [6.45, 7) is 0. The SMILES string of the molecule is COc1cc(-c2nn3c(C(F)(F)F)nnc3s2)ccc1O. The normalized spacial score (nSPS) is 12.0. The average Bonchev–Trinajstić information content (AvgIpc) is 2.97. The lowest BCUT2D eigenvalue weighted by atomic mass is 10.2. The molecule has 0 aliphatic heterocycles. The van der Waals surface area contributed by atoms with Crippen LogP contribution in [0.2, 0.25) is 0 Å². The van der Waals surface area contributed by atoms with Crippen LogP contribution in [0.25, 0.3) is 15.5 Å². The number of aromatic hydroxyl groups is 1. The van der Waals surface area contributed by atoms with Gasteiger partial charge in [0.2, 0.25) is 4.96 Å². The van der Waals surface area contributed by atoms with Crippen LogP contribution in [-0.2, 0) is 6.18 Å². The molecule has 0 unspecified atom stereocenters. The van der Waals surface area contributed by atoms with Gasteiger partial charge in [-0.05, 0) is 18.2 Å². The van der Waals surface area contributed by atoms with Crippen molar-refractivity contribution in [3.63, 3.8) is 0 Å². The summed E-state index contributed by atoms with van der Waals surface area (Å²) in [5.41, 5.74) is 0.508. The van der Waals surface area contributed by atoms with E-state index in [0.717, 1.165) is 11.3 Å². The van der Waals surface area contributed by atoms with Crippen LogP contribution in [0.15, 0.2) is 18.2 Å². The summed E-state index contributed by atoms with van der Waals surface area (Å²) in [5, 5.41) is 20.2. The number of phenols is 1. The molecule has 0 spiro atoms. The van der Waals surface area contributed by atoms with Crippen LogP contribution in [0.4, 0.5) is 13.2 Å². The van der Waals surface area contributed by atoms with Crippen molar-refractivity contribution in [1.29, 1.82) is 0 Å². The molecule has 2 aromatic heterocycles. The first-order valence-electron chi connectivity index (χ1n) is 5.57. The van der Waals surface area contributed by atoms with E-state index in [-0.39, 0.29) is 16.5 Å². The Morgan fingerprint density at radius 2 is 2.05 bits per heavy atom. The lowest BCUT2D eigenvalue weighted by Gasteiger charge is -2.04. The fraction of sp³-hybridized carbons (Fsp3) is 0.182. The summed E-state index contributed by atoms with van der Waals surface area (Å²) in [4.78, 5) is 0.0318. The van der Waals surface area contributed by atoms with E-state index < -0.39 is 12.0 Å². The molecule has 3 aromatic rings. The van der Waals surface area contributed by atoms with Gasteiger partial charge in [0.25, 0.3) is 5.82 Å². The number of benzene rings is 1. The first kappa shape index (κ1) is 13.6. The number of nitrogens with zero attached hydrogens (tertiary/aromatic N) is 4. The van der Waals surface area contributed by atoms with Crippen molar-refractivity contribution in [3.05, 3.63) is 24.0 Å². The molecule has 0 aliphatic rings. The minimum atomic E-state index is -4.63. The van der Waals surface area contributed by atoms with Crippen molar-refractivity contribution in [2.75, 3.05) is 7.11 Å². The molecule has 0 aliphatic carbocycles. The number of alkyl halides is 3. The first-order chi connectivity index (χ1) is 9.90. The largest absolute Gasteiger partial charge is 0.504 e. The molecule has 0 saturated carbocycles. The number of aromatic nitrogens is 4. The van der Waals surface area contributed by atoms with Crippen LogP contribution in [-0.4, -0.2) is 32.0 Å². The number of hydrogen-bond donors (Lipinski definition) is 1. The minimum absolute atomic E-state index is 0.0318. The maximum Gasteiger partial charge on any atom is 0.453 e. The van der Waals surface area contributed by atoms with E-state index in [2.05, 4.69) is 15.3 Å². The van der Waals surface area contributed by atoms with Gasteiger partial charge in [0.15, 0.2) is 11.5 Å². The Kier molecular flexibility index (Phi) is 2.97. The molecule has 21 heavy (non-hydrogen) atoms. The lowest BCUT2D eigenvalue weighted by Crippen LogP contribution is -2.11. The highest BCUT2D eigenvalue weighted by Crippen LogP contribution is 2.35. The van der Waals surface area contributed by atoms with E-state index in [1.165, 1.54) is 25.3 Å². The van der Waals surface area contributed by atoms with Crippen LogP contribution in [0.5, 0.6) is 11.5 Å². The molecule has 0 amide bonds. The summed E-state index contributed by atoms with van der Waals surface area (Å²) in [5.74, 6) is -1.04. The van der Waals surface area contributed by atoms with Gasteiger partial charge in [-0.3, -0.25) is 0 Å². The number of methoxy groups -OCH3 is 1. The summed E-state index contributed by atoms with van der Waals surface area (Å²) in [7, 11) is 1.37. The Morgan fingerprint density at radius 1 is 1.29 bits per heavy atom. The topological polar surface area (TPSA) is 72.5 Å². The van der Waals surface area contributed by atoms with E-state index in [4.69, 9.17) is 4.74 Å². The quantitative estimate of drug-likeness (QED) is 0.787. The molecule has 6 nitrogen and oxygen atoms in total. The zero-order chi connectivity index (χ0) is 15.2. The van der Waals surface area contributed by atoms with Gasteiger partial charge in [-0.15, -0.1) is 10.2 Å². The van der Waals surface area contributed by atoms with Gasteiger partial charge in [0.1, 0.15) is 5.01 Å². The van der Waals surface area contributed by atoms with Crippen molar-refractivity contribution in [1.82, 2.24) is 19.8 Å². The van der Waals surface area contributed by atoms with Gasteiger partial charge in [-0.2, -0.15) is 22.8 Å². The van der Waals surface area contributed by atoms with Gasteiger partial charge in [0.05, 0.1) is 7.11 Å². The molecule has 1 aromatic carbocycles. The molecule has 10 heteroatoms. The molecular formula is C11H7F3N4O2S. The number of hydrogen-bond acceptors (Lipinski definition) is 6. The molecule has 3 rings (SSSR count). The highest BCUT2D eigenvalue weighted by atomic mass is 32.1. The van der Waals surface area contributed by atoms with Gasteiger partial charge in [-0.1, -0.05) is 11.3 Å². The maximum absolute atomic E-state index is 12.7. The summed E-state index contributed by atoms with van der Waals surface area (Å²) < 4.78 is 43.8. The first-order valence-corrected chi connectivity index (χ1v) is 6.38. The van der Waals surface area contributed by atoms with E-state index >= 15 is 0 Å². The van der Waals surface area contributed by atoms with Gasteiger partial charge >= 0.3 is 6.18 Å². The summed E-state index contributed by atoms with van der Waals surface area (Å²) >= 11 is 0.953. The van der Waals surface area contributed by atoms with Crippen LogP contribution in [0.1, 0.15) is 5.82 Å². The van der Waals surface area contributed by atoms with Crippen molar-refractivity contribution in [2.24, 2.45) is 0 Å². The number of phenolic OH excluding ortho intramolecular Hbond substituents is 1. The Labute approximate surface area is 119 Å². The number of ether oxygens (including phenoxy) is 1. The molecule has 0 atom stereocenters. The Hall–Kier alpha value is -2.36. The third kappa shape index (κ3) is 2.27. The average molecular weight is 316 g/mol. The van der Waals surface area contributed by atoms with E-state index in [1.807, 2.05) is 0 Å². The highest BCUT2D eigenvalue weighted by Gasteiger charge is 2.38. The van der Waals surface area contributed by atoms with Crippen LogP contribution < -0.4 is 4.74 Å². The fourth-order valence-corrected chi connectivity index (χ4v) is 2.56. The van der Waals surface area contributed by atoms with Crippen molar-refractivity contribution < 1.29 is 23.0 Å². The summed E-state index contributed by atoms with van der Waals surface area (Å²) in [6.07, 6.45) is -4.63. The van der Waals surface area contributed by atoms with Crippen molar-refractivity contribution in [2.45, 2.75) is 6.18 Å². The number of halogens is 3. The number of rotatable bonds is 2. The predicted octanol–water partition coefficient (Wildman–Crippen LogP) is 2.59. The Bertz CT molecular complexity index is 812. The monoisotopic (exact) mass is 316 g/mol. The molecule has 2 heterocycles. The van der Waals surface area contributed by atoms with Crippen molar-refractivity contribution >= 4 is 16.3 Å². The standard InChI is InChI=1S/C11H7F3N4O2S/c1-20-7-4-5(2-3-6(7)19)8-17-18-9(11(12,13)14)15-16-10(18)21-8/h2-4,19H,1H3. The minimum Gasteiger partial charge on any atom is -0.504 e. The molecule has 0 bridgehead atoms. The zero-order valence-corrected chi connectivity index (χ0v) is 11.2. The second-order valence-electron chi connectivity index (χ2n) is 4.01. The van der Waals surface area contributed by atoms with Crippen molar-refractivity contribution in [3.8, 4) is 22.1 Å². The Morgan fingerprint density at radius 3 is 2.71 bits per heavy atom. The second kappa shape index (κ2) is 4.58. The van der Waals surface area contributed by atoms with Gasteiger partial charge in [0, 0.05) is 5.56 Å². The fourth-order valence-electron chi connectivity index (χ4n) is 1.72. The number of fused-ring (bicyclic) bond motifs is 1. The van der Waals surface area contributed by atoms with Crippen LogP contribution in [0, 0.1) is 0 Å². The second-order valence-corrected chi connectivity index (χ2v) is 4.97. The van der Waals surface area contributed by atoms with E-state index in [1.54, 1.807) is 0 Å². The third-order valence-electron chi connectivity index (χ3n) is 2.67. The van der Waals surface area contributed by atoms with Crippen LogP contribution in [0.3, 0.4) is 0 Å². The molecule has 0 fully saturated rings. The molecule has 0 radical (unpaired) electrons. The smallest absolute Gasteiger partial charge is 0.453 e. The highest BCUT2D eigenvalue weighted by molar-refractivity contribution is 7.19. The van der Waals surface area contributed by atoms with Gasteiger partial charge in [-0.25, -0.2) is 0 Å².